The number of amides is 2. The van der Waals surface area contributed by atoms with E-state index in [1.54, 1.807) is 31.4 Å². The molecule has 0 radical (unpaired) electrons. The highest BCUT2D eigenvalue weighted by molar-refractivity contribution is 5.98. The molecule has 2 aromatic rings. The predicted molar refractivity (Wildman–Crippen MR) is 109 cm³/mol. The molecule has 0 spiro atoms. The van der Waals surface area contributed by atoms with Crippen molar-refractivity contribution >= 4 is 17.5 Å². The predicted octanol–water partition coefficient (Wildman–Crippen LogP) is 2.49. The summed E-state index contributed by atoms with van der Waals surface area (Å²) in [5, 5.41) is 9.05. The van der Waals surface area contributed by atoms with Gasteiger partial charge in [-0.3, -0.25) is 9.59 Å². The number of nitrogens with one attached hydrogen (secondary N) is 3. The number of hydrogen-bond donors (Lipinski definition) is 3. The van der Waals surface area contributed by atoms with Crippen LogP contribution in [0.3, 0.4) is 0 Å². The van der Waals surface area contributed by atoms with Gasteiger partial charge in [-0.2, -0.15) is 0 Å². The lowest BCUT2D eigenvalue weighted by molar-refractivity contribution is -0.128. The van der Waals surface area contributed by atoms with Gasteiger partial charge in [0.05, 0.1) is 13.2 Å². The van der Waals surface area contributed by atoms with Gasteiger partial charge in [0.2, 0.25) is 11.8 Å². The quantitative estimate of drug-likeness (QED) is 0.718. The molecule has 2 aromatic carbocycles. The van der Waals surface area contributed by atoms with Crippen molar-refractivity contribution in [1.29, 1.82) is 0 Å². The molecule has 1 aliphatic heterocycles. The largest absolute Gasteiger partial charge is 0.497 e. The molecule has 1 heterocycles. The normalized spacial score (nSPS) is 16.8. The molecule has 0 unspecified atom stereocenters. The highest BCUT2D eigenvalue weighted by Gasteiger charge is 2.29. The Balaban J connectivity index is 1.63. The van der Waals surface area contributed by atoms with Crippen LogP contribution in [-0.2, 0) is 22.6 Å². The Morgan fingerprint density at radius 3 is 2.39 bits per heavy atom. The Labute approximate surface area is 165 Å². The maximum atomic E-state index is 12.8. The smallest absolute Gasteiger partial charge is 0.247 e. The van der Waals surface area contributed by atoms with Gasteiger partial charge in [-0.05, 0) is 47.7 Å². The number of carbonyl (C=O) groups excluding carboxylic acids is 2. The van der Waals surface area contributed by atoms with E-state index in [1.807, 2.05) is 32.0 Å². The summed E-state index contributed by atoms with van der Waals surface area (Å²) in [6.45, 7) is 4.49. The summed E-state index contributed by atoms with van der Waals surface area (Å²) in [6, 6.07) is 14.2. The number of rotatable bonds is 6. The van der Waals surface area contributed by atoms with Crippen molar-refractivity contribution < 1.29 is 14.3 Å². The number of anilines is 1. The first-order chi connectivity index (χ1) is 13.5. The molecule has 28 heavy (non-hydrogen) atoms. The molecule has 6 nitrogen and oxygen atoms in total. The van der Waals surface area contributed by atoms with Crippen molar-refractivity contribution in [3.8, 4) is 5.75 Å². The van der Waals surface area contributed by atoms with E-state index in [0.717, 1.165) is 5.75 Å². The summed E-state index contributed by atoms with van der Waals surface area (Å²) in [5.41, 5.74) is 3.05. The molecule has 0 aliphatic carbocycles. The van der Waals surface area contributed by atoms with Crippen LogP contribution in [-0.4, -0.2) is 31.0 Å². The van der Waals surface area contributed by atoms with Crippen LogP contribution in [0.15, 0.2) is 48.5 Å². The lowest BCUT2D eigenvalue weighted by atomic mass is 9.94. The Hall–Kier alpha value is -2.86. The lowest BCUT2D eigenvalue weighted by Crippen LogP contribution is -2.54. The number of benzene rings is 2. The molecular formula is C22H27N3O3. The SMILES string of the molecule is COc1ccc(NC(=O)[C@@H](NC(=O)[C@@H]2Cc3ccccc3CN2)C(C)C)cc1. The van der Waals surface area contributed by atoms with Gasteiger partial charge in [-0.15, -0.1) is 0 Å². The third kappa shape index (κ3) is 4.70. The first kappa shape index (κ1) is 19.9. The molecule has 6 heteroatoms. The fraction of sp³-hybridized carbons (Fsp3) is 0.364. The number of ether oxygens (including phenoxy) is 1. The summed E-state index contributed by atoms with van der Waals surface area (Å²) >= 11 is 0. The molecule has 0 fully saturated rings. The Kier molecular flexibility index (Phi) is 6.31. The van der Waals surface area contributed by atoms with Gasteiger partial charge >= 0.3 is 0 Å². The maximum absolute atomic E-state index is 12.8. The summed E-state index contributed by atoms with van der Waals surface area (Å²) < 4.78 is 5.13. The van der Waals surface area contributed by atoms with Crippen molar-refractivity contribution in [1.82, 2.24) is 10.6 Å². The van der Waals surface area contributed by atoms with Crippen molar-refractivity contribution in [2.75, 3.05) is 12.4 Å². The van der Waals surface area contributed by atoms with Crippen LogP contribution in [0, 0.1) is 5.92 Å². The molecule has 1 aliphatic rings. The minimum Gasteiger partial charge on any atom is -0.497 e. The van der Waals surface area contributed by atoms with Gasteiger partial charge in [0.1, 0.15) is 11.8 Å². The first-order valence-corrected chi connectivity index (χ1v) is 9.53. The van der Waals surface area contributed by atoms with Crippen molar-refractivity contribution in [2.24, 2.45) is 5.92 Å². The Morgan fingerprint density at radius 2 is 1.75 bits per heavy atom. The third-order valence-corrected chi connectivity index (χ3v) is 5.00. The summed E-state index contributed by atoms with van der Waals surface area (Å²) in [6.07, 6.45) is 0.618. The van der Waals surface area contributed by atoms with Crippen LogP contribution >= 0.6 is 0 Å². The van der Waals surface area contributed by atoms with Gasteiger partial charge in [-0.1, -0.05) is 38.1 Å². The van der Waals surface area contributed by atoms with E-state index in [2.05, 4.69) is 22.0 Å². The van der Waals surface area contributed by atoms with Crippen molar-refractivity contribution in [2.45, 2.75) is 38.9 Å². The van der Waals surface area contributed by atoms with Crippen LogP contribution in [0.1, 0.15) is 25.0 Å². The van der Waals surface area contributed by atoms with Crippen LogP contribution in [0.25, 0.3) is 0 Å². The highest BCUT2D eigenvalue weighted by Crippen LogP contribution is 2.18. The zero-order valence-electron chi connectivity index (χ0n) is 16.5. The van der Waals surface area contributed by atoms with E-state index in [-0.39, 0.29) is 23.8 Å². The van der Waals surface area contributed by atoms with Crippen molar-refractivity contribution in [3.05, 3.63) is 59.7 Å². The summed E-state index contributed by atoms with van der Waals surface area (Å²) in [4.78, 5) is 25.5. The summed E-state index contributed by atoms with van der Waals surface area (Å²) in [5.74, 6) is 0.288. The standard InChI is InChI=1S/C22H27N3O3/c1-14(2)20(22(27)24-17-8-10-18(28-3)11-9-17)25-21(26)19-12-15-6-4-5-7-16(15)13-23-19/h4-11,14,19-20,23H,12-13H2,1-3H3,(H,24,27)(H,25,26)/t19-,20-/m0/s1. The molecule has 3 N–H and O–H groups in total. The monoisotopic (exact) mass is 381 g/mol. The minimum atomic E-state index is -0.617. The van der Waals surface area contributed by atoms with Crippen LogP contribution in [0.4, 0.5) is 5.69 Å². The molecule has 0 aromatic heterocycles. The van der Waals surface area contributed by atoms with Gasteiger partial charge in [0.25, 0.3) is 0 Å². The van der Waals surface area contributed by atoms with Gasteiger partial charge in [-0.25, -0.2) is 0 Å². The van der Waals surface area contributed by atoms with Crippen LogP contribution < -0.4 is 20.7 Å². The average molecular weight is 381 g/mol. The lowest BCUT2D eigenvalue weighted by Gasteiger charge is -2.28. The van der Waals surface area contributed by atoms with Gasteiger partial charge in [0.15, 0.2) is 0 Å². The average Bonchev–Trinajstić information content (AvgIpc) is 2.71. The highest BCUT2D eigenvalue weighted by atomic mass is 16.5. The second-order valence-electron chi connectivity index (χ2n) is 7.35. The van der Waals surface area contributed by atoms with E-state index in [0.29, 0.717) is 18.7 Å². The number of fused-ring (bicyclic) bond motifs is 1. The van der Waals surface area contributed by atoms with E-state index in [1.165, 1.54) is 11.1 Å². The number of methoxy groups -OCH3 is 1. The van der Waals surface area contributed by atoms with E-state index >= 15 is 0 Å². The van der Waals surface area contributed by atoms with Crippen LogP contribution in [0.2, 0.25) is 0 Å². The number of carbonyl (C=O) groups is 2. The number of hydrogen-bond acceptors (Lipinski definition) is 4. The Morgan fingerprint density at radius 1 is 1.07 bits per heavy atom. The second kappa shape index (κ2) is 8.89. The van der Waals surface area contributed by atoms with E-state index in [4.69, 9.17) is 4.74 Å². The van der Waals surface area contributed by atoms with Crippen molar-refractivity contribution in [3.63, 3.8) is 0 Å². The molecular weight excluding hydrogens is 354 g/mol. The minimum absolute atomic E-state index is 0.0434. The second-order valence-corrected chi connectivity index (χ2v) is 7.35. The first-order valence-electron chi connectivity index (χ1n) is 9.53. The summed E-state index contributed by atoms with van der Waals surface area (Å²) in [7, 11) is 1.59. The molecule has 3 rings (SSSR count). The molecule has 0 saturated heterocycles. The van der Waals surface area contributed by atoms with Gasteiger partial charge < -0.3 is 20.7 Å². The Bertz CT molecular complexity index is 833. The van der Waals surface area contributed by atoms with Crippen LogP contribution in [0.5, 0.6) is 5.75 Å². The zero-order valence-corrected chi connectivity index (χ0v) is 16.5. The molecule has 0 saturated carbocycles. The fourth-order valence-corrected chi connectivity index (χ4v) is 3.32. The van der Waals surface area contributed by atoms with E-state index < -0.39 is 6.04 Å². The fourth-order valence-electron chi connectivity index (χ4n) is 3.32. The zero-order chi connectivity index (χ0) is 20.1. The maximum Gasteiger partial charge on any atom is 0.247 e. The molecule has 2 amide bonds. The molecule has 148 valence electrons. The molecule has 0 bridgehead atoms. The van der Waals surface area contributed by atoms with Gasteiger partial charge in [0, 0.05) is 12.2 Å². The third-order valence-electron chi connectivity index (χ3n) is 5.00. The topological polar surface area (TPSA) is 79.5 Å². The van der Waals surface area contributed by atoms with E-state index in [9.17, 15) is 9.59 Å². The molecule has 2 atom stereocenters.